The molecular formula is C20H25NO3. The van der Waals surface area contributed by atoms with Gasteiger partial charge >= 0.3 is 0 Å². The fourth-order valence-corrected chi connectivity index (χ4v) is 2.92. The highest BCUT2D eigenvalue weighted by atomic mass is 16.7. The number of nitrogens with one attached hydrogen (secondary N) is 1. The van der Waals surface area contributed by atoms with Crippen molar-refractivity contribution in [1.82, 2.24) is 5.32 Å². The standard InChI is InChI=1S/C20H25NO3/c1-14-4-9-19(22-3)18(12-14)15(2)21-13-16-5-7-17(8-6-16)20-23-10-11-24-20/h4-9,12,15,20-21H,10-11,13H2,1-3H3. The Balaban J connectivity index is 1.61. The summed E-state index contributed by atoms with van der Waals surface area (Å²) in [7, 11) is 1.72. The molecule has 1 aliphatic rings. The Morgan fingerprint density at radius 1 is 1.12 bits per heavy atom. The van der Waals surface area contributed by atoms with Crippen molar-refractivity contribution in [1.29, 1.82) is 0 Å². The van der Waals surface area contributed by atoms with Crippen molar-refractivity contribution in [3.8, 4) is 5.75 Å². The summed E-state index contributed by atoms with van der Waals surface area (Å²) in [5.41, 5.74) is 4.72. The van der Waals surface area contributed by atoms with Gasteiger partial charge in [0.25, 0.3) is 0 Å². The fraction of sp³-hybridized carbons (Fsp3) is 0.400. The molecule has 0 bridgehead atoms. The van der Waals surface area contributed by atoms with E-state index in [4.69, 9.17) is 14.2 Å². The van der Waals surface area contributed by atoms with Gasteiger partial charge in [-0.2, -0.15) is 0 Å². The van der Waals surface area contributed by atoms with Crippen LogP contribution in [0.25, 0.3) is 0 Å². The van der Waals surface area contributed by atoms with E-state index in [1.165, 1.54) is 16.7 Å². The molecule has 0 aromatic heterocycles. The van der Waals surface area contributed by atoms with Gasteiger partial charge in [0.05, 0.1) is 20.3 Å². The van der Waals surface area contributed by atoms with Gasteiger partial charge in [-0.15, -0.1) is 0 Å². The Labute approximate surface area is 143 Å². The highest BCUT2D eigenvalue weighted by Crippen LogP contribution is 2.27. The van der Waals surface area contributed by atoms with E-state index < -0.39 is 0 Å². The third-order valence-corrected chi connectivity index (χ3v) is 4.34. The number of methoxy groups -OCH3 is 1. The predicted octanol–water partition coefficient (Wildman–Crippen LogP) is 3.90. The van der Waals surface area contributed by atoms with Crippen molar-refractivity contribution in [2.45, 2.75) is 32.7 Å². The average molecular weight is 327 g/mol. The highest BCUT2D eigenvalue weighted by molar-refractivity contribution is 5.39. The molecule has 0 aliphatic carbocycles. The first kappa shape index (κ1) is 17.0. The summed E-state index contributed by atoms with van der Waals surface area (Å²) in [5.74, 6) is 0.923. The van der Waals surface area contributed by atoms with Gasteiger partial charge in [-0.3, -0.25) is 0 Å². The Morgan fingerprint density at radius 2 is 1.83 bits per heavy atom. The van der Waals surface area contributed by atoms with Gasteiger partial charge in [0, 0.05) is 23.7 Å². The largest absolute Gasteiger partial charge is 0.496 e. The van der Waals surface area contributed by atoms with Crippen LogP contribution < -0.4 is 10.1 Å². The van der Waals surface area contributed by atoms with Gasteiger partial charge in [0.1, 0.15) is 5.75 Å². The molecular weight excluding hydrogens is 302 g/mol. The Bertz CT molecular complexity index is 663. The zero-order valence-electron chi connectivity index (χ0n) is 14.5. The van der Waals surface area contributed by atoms with Crippen LogP contribution in [-0.4, -0.2) is 20.3 Å². The first-order chi connectivity index (χ1) is 11.7. The average Bonchev–Trinajstić information content (AvgIpc) is 3.14. The molecule has 1 aliphatic heterocycles. The second kappa shape index (κ2) is 7.79. The lowest BCUT2D eigenvalue weighted by Crippen LogP contribution is -2.19. The van der Waals surface area contributed by atoms with Crippen LogP contribution in [0.5, 0.6) is 5.75 Å². The van der Waals surface area contributed by atoms with Crippen LogP contribution in [-0.2, 0) is 16.0 Å². The van der Waals surface area contributed by atoms with Gasteiger partial charge in [-0.05, 0) is 25.5 Å². The summed E-state index contributed by atoms with van der Waals surface area (Å²) in [5, 5.41) is 3.56. The lowest BCUT2D eigenvalue weighted by Gasteiger charge is -2.18. The third kappa shape index (κ3) is 3.96. The minimum Gasteiger partial charge on any atom is -0.496 e. The van der Waals surface area contributed by atoms with Gasteiger partial charge in [-0.25, -0.2) is 0 Å². The summed E-state index contributed by atoms with van der Waals surface area (Å²) in [6.07, 6.45) is -0.206. The zero-order valence-corrected chi connectivity index (χ0v) is 14.5. The van der Waals surface area contributed by atoms with Crippen molar-refractivity contribution in [3.63, 3.8) is 0 Å². The molecule has 1 atom stereocenters. The van der Waals surface area contributed by atoms with E-state index in [1.54, 1.807) is 7.11 Å². The van der Waals surface area contributed by atoms with Crippen molar-refractivity contribution in [2.75, 3.05) is 20.3 Å². The van der Waals surface area contributed by atoms with E-state index in [9.17, 15) is 0 Å². The summed E-state index contributed by atoms with van der Waals surface area (Å²) >= 11 is 0. The molecule has 1 unspecified atom stereocenters. The molecule has 0 spiro atoms. The maximum Gasteiger partial charge on any atom is 0.184 e. The van der Waals surface area contributed by atoms with E-state index in [1.807, 2.05) is 6.07 Å². The highest BCUT2D eigenvalue weighted by Gasteiger charge is 2.18. The van der Waals surface area contributed by atoms with Crippen LogP contribution in [0, 0.1) is 6.92 Å². The molecule has 4 nitrogen and oxygen atoms in total. The summed E-state index contributed by atoms with van der Waals surface area (Å²) in [6.45, 7) is 6.39. The molecule has 0 saturated carbocycles. The molecule has 1 N–H and O–H groups in total. The van der Waals surface area contributed by atoms with Crippen molar-refractivity contribution < 1.29 is 14.2 Å². The fourth-order valence-electron chi connectivity index (χ4n) is 2.92. The van der Waals surface area contributed by atoms with Gasteiger partial charge in [0.2, 0.25) is 0 Å². The number of ether oxygens (including phenoxy) is 3. The Morgan fingerprint density at radius 3 is 2.50 bits per heavy atom. The smallest absolute Gasteiger partial charge is 0.184 e. The molecule has 0 radical (unpaired) electrons. The van der Waals surface area contributed by atoms with E-state index in [-0.39, 0.29) is 12.3 Å². The summed E-state index contributed by atoms with van der Waals surface area (Å²) in [6, 6.07) is 14.9. The summed E-state index contributed by atoms with van der Waals surface area (Å²) < 4.78 is 16.5. The van der Waals surface area contributed by atoms with Gasteiger partial charge in [-0.1, -0.05) is 42.0 Å². The Kier molecular flexibility index (Phi) is 5.51. The first-order valence-corrected chi connectivity index (χ1v) is 8.37. The lowest BCUT2D eigenvalue weighted by atomic mass is 10.0. The third-order valence-electron chi connectivity index (χ3n) is 4.34. The van der Waals surface area contributed by atoms with E-state index in [2.05, 4.69) is 55.6 Å². The van der Waals surface area contributed by atoms with Crippen LogP contribution >= 0.6 is 0 Å². The van der Waals surface area contributed by atoms with E-state index in [0.717, 1.165) is 17.9 Å². The monoisotopic (exact) mass is 327 g/mol. The SMILES string of the molecule is COc1ccc(C)cc1C(C)NCc1ccc(C2OCCO2)cc1. The first-order valence-electron chi connectivity index (χ1n) is 8.37. The second-order valence-corrected chi connectivity index (χ2v) is 6.16. The minimum absolute atomic E-state index is 0.206. The molecule has 3 rings (SSSR count). The molecule has 2 aromatic carbocycles. The minimum atomic E-state index is -0.206. The van der Waals surface area contributed by atoms with Crippen LogP contribution in [0.1, 0.15) is 41.5 Å². The zero-order chi connectivity index (χ0) is 16.9. The van der Waals surface area contributed by atoms with Crippen LogP contribution in [0.4, 0.5) is 0 Å². The molecule has 4 heteroatoms. The number of rotatable bonds is 6. The maximum absolute atomic E-state index is 5.52. The molecule has 0 amide bonds. The van der Waals surface area contributed by atoms with Crippen molar-refractivity contribution in [3.05, 3.63) is 64.7 Å². The van der Waals surface area contributed by atoms with E-state index >= 15 is 0 Å². The maximum atomic E-state index is 5.52. The number of hydrogen-bond acceptors (Lipinski definition) is 4. The Hall–Kier alpha value is -1.88. The molecule has 24 heavy (non-hydrogen) atoms. The normalized spacial score (nSPS) is 16.3. The topological polar surface area (TPSA) is 39.7 Å². The molecule has 128 valence electrons. The molecule has 1 fully saturated rings. The number of aryl methyl sites for hydroxylation is 1. The second-order valence-electron chi connectivity index (χ2n) is 6.16. The van der Waals surface area contributed by atoms with E-state index in [0.29, 0.717) is 13.2 Å². The molecule has 1 saturated heterocycles. The number of hydrogen-bond donors (Lipinski definition) is 1. The molecule has 1 heterocycles. The lowest BCUT2D eigenvalue weighted by molar-refractivity contribution is -0.0441. The number of benzene rings is 2. The van der Waals surface area contributed by atoms with Crippen LogP contribution in [0.15, 0.2) is 42.5 Å². The quantitative estimate of drug-likeness (QED) is 0.873. The van der Waals surface area contributed by atoms with Gasteiger partial charge < -0.3 is 19.5 Å². The van der Waals surface area contributed by atoms with Crippen LogP contribution in [0.3, 0.4) is 0 Å². The van der Waals surface area contributed by atoms with Crippen LogP contribution in [0.2, 0.25) is 0 Å². The molecule has 2 aromatic rings. The van der Waals surface area contributed by atoms with Crippen molar-refractivity contribution >= 4 is 0 Å². The summed E-state index contributed by atoms with van der Waals surface area (Å²) in [4.78, 5) is 0. The van der Waals surface area contributed by atoms with Crippen molar-refractivity contribution in [2.24, 2.45) is 0 Å². The predicted molar refractivity (Wildman–Crippen MR) is 94.1 cm³/mol. The van der Waals surface area contributed by atoms with Gasteiger partial charge in [0.15, 0.2) is 6.29 Å².